The molecule has 4 aliphatic carbocycles. The van der Waals surface area contributed by atoms with E-state index >= 15 is 0 Å². The Kier molecular flexibility index (Phi) is 6.82. The van der Waals surface area contributed by atoms with Gasteiger partial charge in [0, 0.05) is 26.3 Å². The molecule has 2 amide bonds. The first-order chi connectivity index (χ1) is 16.0. The Labute approximate surface area is 202 Å². The van der Waals surface area contributed by atoms with Crippen LogP contribution in [0.4, 0.5) is 0 Å². The van der Waals surface area contributed by atoms with Crippen molar-refractivity contribution in [2.45, 2.75) is 83.9 Å². The first-order valence-corrected chi connectivity index (χ1v) is 12.6. The number of carbonyl (C=O) groups excluding carboxylic acids is 2. The molecule has 188 valence electrons. The molecule has 0 radical (unpaired) electrons. The van der Waals surface area contributed by atoms with Crippen LogP contribution in [0, 0.1) is 23.7 Å². The van der Waals surface area contributed by atoms with Crippen LogP contribution in [-0.4, -0.2) is 52.5 Å². The molecule has 0 spiro atoms. The van der Waals surface area contributed by atoms with E-state index in [0.29, 0.717) is 35.8 Å². The maximum atomic E-state index is 13.5. The van der Waals surface area contributed by atoms with Crippen LogP contribution in [0.15, 0.2) is 12.3 Å². The van der Waals surface area contributed by atoms with Crippen LogP contribution in [0.1, 0.15) is 77.1 Å². The van der Waals surface area contributed by atoms with E-state index in [0.717, 1.165) is 25.2 Å². The first kappa shape index (κ1) is 24.8. The highest BCUT2D eigenvalue weighted by molar-refractivity contribution is 5.96. The second-order valence-corrected chi connectivity index (χ2v) is 11.6. The predicted molar refractivity (Wildman–Crippen MR) is 130 cm³/mol. The van der Waals surface area contributed by atoms with Gasteiger partial charge in [-0.2, -0.15) is 5.10 Å². The molecule has 2 unspecified atom stereocenters. The van der Waals surface area contributed by atoms with Gasteiger partial charge in [-0.25, -0.2) is 4.68 Å². The second-order valence-electron chi connectivity index (χ2n) is 11.6. The molecule has 2 atom stereocenters. The van der Waals surface area contributed by atoms with Crippen LogP contribution < -0.4 is 15.4 Å². The molecule has 0 aromatic carbocycles. The number of carbonyl (C=O) groups is 2. The number of amides is 2. The third kappa shape index (κ3) is 5.16. The largest absolute Gasteiger partial charge is 0.477 e. The summed E-state index contributed by atoms with van der Waals surface area (Å²) < 4.78 is 13.6. The van der Waals surface area contributed by atoms with Crippen molar-refractivity contribution in [3.63, 3.8) is 0 Å². The van der Waals surface area contributed by atoms with Crippen molar-refractivity contribution in [2.24, 2.45) is 23.7 Å². The highest BCUT2D eigenvalue weighted by Gasteiger charge is 2.56. The number of nitrogens with one attached hydrogen (secondary N) is 2. The van der Waals surface area contributed by atoms with Crippen LogP contribution >= 0.6 is 0 Å². The fraction of sp³-hybridized carbons (Fsp3) is 0.731. The molecule has 1 aromatic rings. The summed E-state index contributed by atoms with van der Waals surface area (Å²) in [5.74, 6) is 2.12. The number of rotatable bonds is 9. The third-order valence-electron chi connectivity index (χ3n) is 7.63. The van der Waals surface area contributed by atoms with Crippen molar-refractivity contribution < 1.29 is 19.1 Å². The number of methoxy groups -OCH3 is 1. The minimum absolute atomic E-state index is 0.0135. The van der Waals surface area contributed by atoms with E-state index in [1.165, 1.54) is 19.8 Å². The van der Waals surface area contributed by atoms with Crippen molar-refractivity contribution in [2.75, 3.05) is 13.7 Å². The number of ether oxygens (including phenoxy) is 2. The first-order valence-electron chi connectivity index (χ1n) is 12.6. The standard InChI is InChI=1S/C26H40N4O4/c1-16(2)15-34-24-21(14-27-30(24)8-7-25(4,5)29-17(3)31)23(32)28-22-19-9-18-10-20(22)13-26(11-18,12-19)33-6/h7-8,14,16,18-20,22H,9-13,15H2,1-6H3,(H,28,32)(H,29,31)/b8-7+. The summed E-state index contributed by atoms with van der Waals surface area (Å²) in [5.41, 5.74) is -0.106. The topological polar surface area (TPSA) is 94.5 Å². The van der Waals surface area contributed by atoms with Crippen molar-refractivity contribution in [1.82, 2.24) is 20.4 Å². The normalized spacial score (nSPS) is 30.2. The lowest BCUT2D eigenvalue weighted by Crippen LogP contribution is -2.62. The van der Waals surface area contributed by atoms with E-state index in [2.05, 4.69) is 29.6 Å². The van der Waals surface area contributed by atoms with Gasteiger partial charge < -0.3 is 20.1 Å². The number of aromatic nitrogens is 2. The number of hydrogen-bond donors (Lipinski definition) is 2. The number of nitrogens with zero attached hydrogens (tertiary/aromatic N) is 2. The Morgan fingerprint density at radius 1 is 1.26 bits per heavy atom. The zero-order valence-electron chi connectivity index (χ0n) is 21.4. The molecule has 4 saturated carbocycles. The lowest BCUT2D eigenvalue weighted by Gasteiger charge is -2.59. The van der Waals surface area contributed by atoms with Crippen LogP contribution in [0.5, 0.6) is 5.88 Å². The van der Waals surface area contributed by atoms with Gasteiger partial charge >= 0.3 is 0 Å². The molecule has 0 aliphatic heterocycles. The molecular weight excluding hydrogens is 432 g/mol. The third-order valence-corrected chi connectivity index (χ3v) is 7.63. The Morgan fingerprint density at radius 2 is 1.94 bits per heavy atom. The van der Waals surface area contributed by atoms with E-state index in [9.17, 15) is 9.59 Å². The minimum atomic E-state index is -0.562. The molecule has 4 fully saturated rings. The molecule has 5 rings (SSSR count). The Bertz CT molecular complexity index is 935. The Morgan fingerprint density at radius 3 is 2.53 bits per heavy atom. The van der Waals surface area contributed by atoms with Gasteiger partial charge in [0.2, 0.25) is 11.8 Å². The molecular formula is C26H40N4O4. The van der Waals surface area contributed by atoms with Crippen LogP contribution in [0.25, 0.3) is 6.20 Å². The smallest absolute Gasteiger partial charge is 0.258 e. The van der Waals surface area contributed by atoms with Crippen LogP contribution in [-0.2, 0) is 9.53 Å². The Hall–Kier alpha value is -2.35. The van der Waals surface area contributed by atoms with Gasteiger partial charge in [0.15, 0.2) is 0 Å². The van der Waals surface area contributed by atoms with Crippen molar-refractivity contribution in [3.05, 3.63) is 17.8 Å². The van der Waals surface area contributed by atoms with E-state index < -0.39 is 5.54 Å². The van der Waals surface area contributed by atoms with Gasteiger partial charge in [0.05, 0.1) is 23.9 Å². The highest BCUT2D eigenvalue weighted by atomic mass is 16.5. The number of hydrogen-bond acceptors (Lipinski definition) is 5. The van der Waals surface area contributed by atoms with Crippen LogP contribution in [0.3, 0.4) is 0 Å². The van der Waals surface area contributed by atoms with Gasteiger partial charge in [-0.05, 0) is 75.7 Å². The molecule has 1 aromatic heterocycles. The molecule has 4 aliphatic rings. The lowest BCUT2D eigenvalue weighted by atomic mass is 9.52. The molecule has 0 saturated heterocycles. The van der Waals surface area contributed by atoms with E-state index in [4.69, 9.17) is 9.47 Å². The maximum Gasteiger partial charge on any atom is 0.258 e. The lowest BCUT2D eigenvalue weighted by molar-refractivity contribution is -0.156. The fourth-order valence-electron chi connectivity index (χ4n) is 6.42. The summed E-state index contributed by atoms with van der Waals surface area (Å²) in [7, 11) is 1.84. The predicted octanol–water partition coefficient (Wildman–Crippen LogP) is 3.63. The fourth-order valence-corrected chi connectivity index (χ4v) is 6.42. The zero-order valence-corrected chi connectivity index (χ0v) is 21.4. The van der Waals surface area contributed by atoms with E-state index in [-0.39, 0.29) is 23.5 Å². The van der Waals surface area contributed by atoms with Crippen LogP contribution in [0.2, 0.25) is 0 Å². The Balaban J connectivity index is 1.53. The average molecular weight is 473 g/mol. The minimum Gasteiger partial charge on any atom is -0.477 e. The molecule has 2 N–H and O–H groups in total. The van der Waals surface area contributed by atoms with Crippen molar-refractivity contribution in [1.29, 1.82) is 0 Å². The molecule has 4 bridgehead atoms. The molecule has 1 heterocycles. The van der Waals surface area contributed by atoms with Gasteiger partial charge in [-0.3, -0.25) is 9.59 Å². The zero-order chi connectivity index (χ0) is 24.7. The van der Waals surface area contributed by atoms with E-state index in [1.54, 1.807) is 17.1 Å². The second kappa shape index (κ2) is 9.36. The summed E-state index contributed by atoms with van der Waals surface area (Å²) >= 11 is 0. The average Bonchev–Trinajstić information content (AvgIpc) is 3.15. The van der Waals surface area contributed by atoms with E-state index in [1.807, 2.05) is 27.0 Å². The maximum absolute atomic E-state index is 13.5. The van der Waals surface area contributed by atoms with Gasteiger partial charge in [0.25, 0.3) is 5.91 Å². The molecule has 34 heavy (non-hydrogen) atoms. The highest BCUT2D eigenvalue weighted by Crippen LogP contribution is 2.57. The monoisotopic (exact) mass is 472 g/mol. The van der Waals surface area contributed by atoms with Gasteiger partial charge in [0.1, 0.15) is 5.56 Å². The summed E-state index contributed by atoms with van der Waals surface area (Å²) in [5, 5.41) is 10.7. The summed E-state index contributed by atoms with van der Waals surface area (Å²) in [6, 6.07) is 0.169. The SMILES string of the molecule is COC12CC3CC(C1)C(NC(=O)c1cnn(/C=C/C(C)(C)NC(C)=O)c1OCC(C)C)C(C3)C2. The van der Waals surface area contributed by atoms with Gasteiger partial charge in [-0.15, -0.1) is 0 Å². The quantitative estimate of drug-likeness (QED) is 0.572. The molecule has 8 heteroatoms. The van der Waals surface area contributed by atoms with Crippen molar-refractivity contribution in [3.8, 4) is 5.88 Å². The van der Waals surface area contributed by atoms with Crippen molar-refractivity contribution >= 4 is 18.0 Å². The molecule has 8 nitrogen and oxygen atoms in total. The summed E-state index contributed by atoms with van der Waals surface area (Å²) in [6.07, 6.45) is 10.7. The summed E-state index contributed by atoms with van der Waals surface area (Å²) in [6.45, 7) is 9.89. The summed E-state index contributed by atoms with van der Waals surface area (Å²) in [4.78, 5) is 24.9. The van der Waals surface area contributed by atoms with Gasteiger partial charge in [-0.1, -0.05) is 13.8 Å².